The minimum absolute atomic E-state index is 0.106. The average molecular weight is 401 g/mol. The van der Waals surface area contributed by atoms with Gasteiger partial charge < -0.3 is 20.1 Å². The van der Waals surface area contributed by atoms with Crippen LogP contribution in [0.25, 0.3) is 0 Å². The molecule has 0 radical (unpaired) electrons. The van der Waals surface area contributed by atoms with E-state index in [4.69, 9.17) is 9.47 Å². The van der Waals surface area contributed by atoms with Crippen molar-refractivity contribution >= 4 is 18.6 Å². The molecule has 0 amide bonds. The predicted molar refractivity (Wildman–Crippen MR) is 109 cm³/mol. The lowest BCUT2D eigenvalue weighted by Gasteiger charge is -2.27. The van der Waals surface area contributed by atoms with E-state index in [1.165, 1.54) is 6.08 Å². The fraction of sp³-hybridized carbons (Fsp3) is 0.350. The van der Waals surface area contributed by atoms with Gasteiger partial charge in [0.15, 0.2) is 0 Å². The zero-order valence-corrected chi connectivity index (χ0v) is 16.7. The number of rotatable bonds is 4. The summed E-state index contributed by atoms with van der Waals surface area (Å²) in [6.45, 7) is 9.21. The summed E-state index contributed by atoms with van der Waals surface area (Å²) in [6.07, 6.45) is 4.75. The topological polar surface area (TPSA) is 96.3 Å². The SMILES string of the molecule is C1COCCN1.C=CCOC(=O)C1=C(C)NC(S)=C(C#N)C1c1cccnc1. The van der Waals surface area contributed by atoms with Crippen LogP contribution in [-0.2, 0) is 14.3 Å². The second-order valence-corrected chi connectivity index (χ2v) is 6.45. The Kier molecular flexibility index (Phi) is 8.75. The van der Waals surface area contributed by atoms with E-state index >= 15 is 0 Å². The summed E-state index contributed by atoms with van der Waals surface area (Å²) >= 11 is 4.31. The van der Waals surface area contributed by atoms with Crippen LogP contribution in [-0.4, -0.2) is 43.9 Å². The first kappa shape index (κ1) is 21.7. The maximum absolute atomic E-state index is 12.4. The van der Waals surface area contributed by atoms with Crippen LogP contribution in [0.4, 0.5) is 0 Å². The fourth-order valence-electron chi connectivity index (χ4n) is 2.81. The molecule has 2 aliphatic heterocycles. The Morgan fingerprint density at radius 3 is 2.79 bits per heavy atom. The second-order valence-electron chi connectivity index (χ2n) is 6.01. The van der Waals surface area contributed by atoms with Crippen LogP contribution in [0.15, 0.2) is 59.1 Å². The van der Waals surface area contributed by atoms with Crippen molar-refractivity contribution in [1.29, 1.82) is 5.26 Å². The molecule has 1 unspecified atom stereocenters. The van der Waals surface area contributed by atoms with Crippen LogP contribution in [0, 0.1) is 11.3 Å². The lowest BCUT2D eigenvalue weighted by atomic mass is 9.83. The van der Waals surface area contributed by atoms with E-state index < -0.39 is 11.9 Å². The number of hydrogen-bond acceptors (Lipinski definition) is 8. The molecule has 3 heterocycles. The van der Waals surface area contributed by atoms with Crippen molar-refractivity contribution in [2.24, 2.45) is 0 Å². The van der Waals surface area contributed by atoms with Crippen molar-refractivity contribution in [2.45, 2.75) is 12.8 Å². The highest BCUT2D eigenvalue weighted by atomic mass is 32.1. The number of ether oxygens (including phenoxy) is 2. The molecule has 28 heavy (non-hydrogen) atoms. The Labute approximate surface area is 170 Å². The summed E-state index contributed by atoms with van der Waals surface area (Å²) in [5.41, 5.74) is 2.07. The van der Waals surface area contributed by atoms with Gasteiger partial charge in [0, 0.05) is 31.2 Å². The van der Waals surface area contributed by atoms with Crippen molar-refractivity contribution < 1.29 is 14.3 Å². The number of nitrogens with zero attached hydrogens (tertiary/aromatic N) is 2. The molecule has 1 aromatic heterocycles. The van der Waals surface area contributed by atoms with Crippen LogP contribution >= 0.6 is 12.6 Å². The van der Waals surface area contributed by atoms with Gasteiger partial charge in [-0.2, -0.15) is 5.26 Å². The lowest BCUT2D eigenvalue weighted by Crippen LogP contribution is -2.30. The van der Waals surface area contributed by atoms with Crippen LogP contribution in [0.2, 0.25) is 0 Å². The van der Waals surface area contributed by atoms with Crippen LogP contribution in [0.5, 0.6) is 0 Å². The molecule has 1 aromatic rings. The molecule has 1 fully saturated rings. The van der Waals surface area contributed by atoms with E-state index in [2.05, 4.69) is 40.9 Å². The third-order valence-electron chi connectivity index (χ3n) is 4.08. The van der Waals surface area contributed by atoms with Crippen LogP contribution in [0.3, 0.4) is 0 Å². The van der Waals surface area contributed by atoms with E-state index in [0.717, 1.165) is 31.9 Å². The standard InChI is InChI=1S/C16H15N3O2S.C4H9NO/c1-3-7-21-16(20)13-10(2)19-15(22)12(8-17)14(13)11-5-4-6-18-9-11;1-3-6-4-2-5-1/h3-6,9,14,19,22H,1,7H2,2H3;5H,1-4H2. The number of esters is 1. The number of carbonyl (C=O) groups excluding carboxylic acids is 1. The minimum atomic E-state index is -0.551. The molecule has 2 N–H and O–H groups in total. The van der Waals surface area contributed by atoms with Crippen LogP contribution < -0.4 is 10.6 Å². The number of morpholine rings is 1. The zero-order chi connectivity index (χ0) is 20.4. The number of allylic oxidation sites excluding steroid dienone is 2. The zero-order valence-electron chi connectivity index (χ0n) is 15.8. The molecular weight excluding hydrogens is 376 g/mol. The van der Waals surface area contributed by atoms with E-state index in [0.29, 0.717) is 21.9 Å². The van der Waals surface area contributed by atoms with E-state index in [1.807, 2.05) is 6.07 Å². The van der Waals surface area contributed by atoms with Gasteiger partial charge in [-0.1, -0.05) is 18.7 Å². The van der Waals surface area contributed by atoms with Gasteiger partial charge in [0.25, 0.3) is 0 Å². The van der Waals surface area contributed by atoms with E-state index in [-0.39, 0.29) is 6.61 Å². The third-order valence-corrected chi connectivity index (χ3v) is 4.43. The molecule has 0 aromatic carbocycles. The normalized spacial score (nSPS) is 19.0. The number of carbonyl (C=O) groups is 1. The maximum atomic E-state index is 12.4. The highest BCUT2D eigenvalue weighted by Gasteiger charge is 2.34. The summed E-state index contributed by atoms with van der Waals surface area (Å²) in [4.78, 5) is 16.4. The molecule has 0 saturated carbocycles. The molecule has 148 valence electrons. The van der Waals surface area contributed by atoms with Crippen LogP contribution in [0.1, 0.15) is 18.4 Å². The summed E-state index contributed by atoms with van der Waals surface area (Å²) in [5.74, 6) is -1.04. The number of dihydropyridines is 1. The van der Waals surface area contributed by atoms with Gasteiger partial charge in [0.2, 0.25) is 0 Å². The van der Waals surface area contributed by atoms with Gasteiger partial charge in [0.1, 0.15) is 6.61 Å². The van der Waals surface area contributed by atoms with E-state index in [9.17, 15) is 10.1 Å². The monoisotopic (exact) mass is 400 g/mol. The van der Waals surface area contributed by atoms with Crippen molar-refractivity contribution in [2.75, 3.05) is 32.9 Å². The largest absolute Gasteiger partial charge is 0.458 e. The lowest BCUT2D eigenvalue weighted by molar-refractivity contribution is -0.138. The molecule has 3 rings (SSSR count). The Morgan fingerprint density at radius 2 is 2.29 bits per heavy atom. The summed E-state index contributed by atoms with van der Waals surface area (Å²) in [7, 11) is 0. The molecular formula is C20H24N4O3S. The Morgan fingerprint density at radius 1 is 1.54 bits per heavy atom. The first-order chi connectivity index (χ1) is 13.6. The predicted octanol–water partition coefficient (Wildman–Crippen LogP) is 2.04. The molecule has 0 spiro atoms. The summed E-state index contributed by atoms with van der Waals surface area (Å²) < 4.78 is 10.2. The minimum Gasteiger partial charge on any atom is -0.458 e. The number of hydrogen-bond donors (Lipinski definition) is 3. The summed E-state index contributed by atoms with van der Waals surface area (Å²) in [5, 5.41) is 16.0. The smallest absolute Gasteiger partial charge is 0.337 e. The van der Waals surface area contributed by atoms with Gasteiger partial charge in [-0.25, -0.2) is 4.79 Å². The fourth-order valence-corrected chi connectivity index (χ4v) is 3.15. The molecule has 0 bridgehead atoms. The first-order valence-electron chi connectivity index (χ1n) is 8.87. The van der Waals surface area contributed by atoms with Crippen molar-refractivity contribution in [3.8, 4) is 6.07 Å². The Hall–Kier alpha value is -2.60. The Bertz CT molecular complexity index is 784. The summed E-state index contributed by atoms with van der Waals surface area (Å²) in [6, 6.07) is 5.69. The van der Waals surface area contributed by atoms with Crippen molar-refractivity contribution in [1.82, 2.24) is 15.6 Å². The molecule has 1 saturated heterocycles. The molecule has 1 atom stereocenters. The van der Waals surface area contributed by atoms with Crippen molar-refractivity contribution in [3.63, 3.8) is 0 Å². The highest BCUT2D eigenvalue weighted by molar-refractivity contribution is 7.84. The number of pyridine rings is 1. The number of aromatic nitrogens is 1. The first-order valence-corrected chi connectivity index (χ1v) is 9.32. The molecule has 8 heteroatoms. The Balaban J connectivity index is 0.000000397. The van der Waals surface area contributed by atoms with Gasteiger partial charge in [0.05, 0.1) is 41.4 Å². The second kappa shape index (κ2) is 11.3. The van der Waals surface area contributed by atoms with Gasteiger partial charge in [-0.15, -0.1) is 12.6 Å². The van der Waals surface area contributed by atoms with E-state index in [1.54, 1.807) is 25.4 Å². The number of nitrogens with one attached hydrogen (secondary N) is 2. The molecule has 7 nitrogen and oxygen atoms in total. The average Bonchev–Trinajstić information content (AvgIpc) is 2.74. The third kappa shape index (κ3) is 5.70. The van der Waals surface area contributed by atoms with Gasteiger partial charge >= 0.3 is 5.97 Å². The highest BCUT2D eigenvalue weighted by Crippen LogP contribution is 2.38. The number of thiol groups is 1. The maximum Gasteiger partial charge on any atom is 0.337 e. The number of nitriles is 1. The quantitative estimate of drug-likeness (QED) is 0.404. The van der Waals surface area contributed by atoms with Gasteiger partial charge in [-0.05, 0) is 18.6 Å². The van der Waals surface area contributed by atoms with Gasteiger partial charge in [-0.3, -0.25) is 4.98 Å². The molecule has 2 aliphatic rings. The van der Waals surface area contributed by atoms with Crippen molar-refractivity contribution in [3.05, 3.63) is 64.6 Å². The molecule has 0 aliphatic carbocycles.